The highest BCUT2D eigenvalue weighted by Crippen LogP contribution is 2.41. The number of methoxy groups -OCH3 is 1. The van der Waals surface area contributed by atoms with Gasteiger partial charge in [-0.2, -0.15) is 0 Å². The third-order valence-electron chi connectivity index (χ3n) is 2.87. The highest BCUT2D eigenvalue weighted by molar-refractivity contribution is 7.21. The molecule has 20 heavy (non-hydrogen) atoms. The standard InChI is InChI=1S/C14H10FNO3S/c1-19-11-5-7(4-10(17)13(11)18)14-16-9-6-8(15)2-3-12(9)20-14/h2-6,17-18H,1H3. The highest BCUT2D eigenvalue weighted by atomic mass is 32.1. The molecule has 0 fully saturated rings. The van der Waals surface area contributed by atoms with E-state index in [0.29, 0.717) is 16.1 Å². The Kier molecular flexibility index (Phi) is 2.94. The van der Waals surface area contributed by atoms with Crippen molar-refractivity contribution in [1.82, 2.24) is 4.98 Å². The molecule has 0 spiro atoms. The van der Waals surface area contributed by atoms with Gasteiger partial charge in [0, 0.05) is 11.6 Å². The van der Waals surface area contributed by atoms with Crippen molar-refractivity contribution in [3.63, 3.8) is 0 Å². The van der Waals surface area contributed by atoms with Crippen LogP contribution in [0.5, 0.6) is 17.2 Å². The number of rotatable bonds is 2. The zero-order chi connectivity index (χ0) is 14.3. The number of halogens is 1. The summed E-state index contributed by atoms with van der Waals surface area (Å²) in [7, 11) is 1.39. The van der Waals surface area contributed by atoms with E-state index in [1.807, 2.05) is 0 Å². The van der Waals surface area contributed by atoms with Gasteiger partial charge in [0.2, 0.25) is 5.75 Å². The maximum absolute atomic E-state index is 13.2. The second-order valence-corrected chi connectivity index (χ2v) is 5.21. The topological polar surface area (TPSA) is 62.6 Å². The first-order chi connectivity index (χ1) is 9.58. The zero-order valence-electron chi connectivity index (χ0n) is 10.4. The van der Waals surface area contributed by atoms with Crippen LogP contribution >= 0.6 is 11.3 Å². The second-order valence-electron chi connectivity index (χ2n) is 4.18. The number of benzene rings is 2. The van der Waals surface area contributed by atoms with Gasteiger partial charge in [0.1, 0.15) is 10.8 Å². The normalized spacial score (nSPS) is 10.9. The van der Waals surface area contributed by atoms with Crippen LogP contribution in [-0.2, 0) is 0 Å². The van der Waals surface area contributed by atoms with Crippen LogP contribution in [0, 0.1) is 5.82 Å². The molecule has 102 valence electrons. The molecule has 0 aliphatic rings. The van der Waals surface area contributed by atoms with Crippen molar-refractivity contribution in [2.24, 2.45) is 0 Å². The Hall–Kier alpha value is -2.34. The number of phenols is 2. The predicted molar refractivity (Wildman–Crippen MR) is 74.9 cm³/mol. The smallest absolute Gasteiger partial charge is 0.200 e. The van der Waals surface area contributed by atoms with Crippen molar-refractivity contribution >= 4 is 21.6 Å². The number of ether oxygens (including phenoxy) is 1. The van der Waals surface area contributed by atoms with Gasteiger partial charge < -0.3 is 14.9 Å². The van der Waals surface area contributed by atoms with E-state index in [1.165, 1.54) is 36.6 Å². The van der Waals surface area contributed by atoms with E-state index in [1.54, 1.807) is 12.1 Å². The minimum atomic E-state index is -0.347. The molecule has 0 unspecified atom stereocenters. The van der Waals surface area contributed by atoms with E-state index < -0.39 is 0 Å². The Balaban J connectivity index is 2.17. The van der Waals surface area contributed by atoms with E-state index >= 15 is 0 Å². The molecule has 0 aliphatic carbocycles. The number of thiazole rings is 1. The molecule has 0 radical (unpaired) electrons. The molecule has 4 nitrogen and oxygen atoms in total. The fourth-order valence-electron chi connectivity index (χ4n) is 1.90. The van der Waals surface area contributed by atoms with Gasteiger partial charge in [0.15, 0.2) is 11.5 Å². The van der Waals surface area contributed by atoms with E-state index in [2.05, 4.69) is 4.98 Å². The molecule has 6 heteroatoms. The summed E-state index contributed by atoms with van der Waals surface area (Å²) in [6, 6.07) is 7.35. The van der Waals surface area contributed by atoms with Gasteiger partial charge in [-0.3, -0.25) is 0 Å². The average molecular weight is 291 g/mol. The molecule has 0 saturated heterocycles. The molecule has 3 aromatic rings. The fourth-order valence-corrected chi connectivity index (χ4v) is 2.83. The maximum atomic E-state index is 13.2. The first kappa shape index (κ1) is 12.7. The number of nitrogens with zero attached hydrogens (tertiary/aromatic N) is 1. The minimum Gasteiger partial charge on any atom is -0.504 e. The lowest BCUT2D eigenvalue weighted by Gasteiger charge is -2.06. The number of hydrogen-bond donors (Lipinski definition) is 2. The lowest BCUT2D eigenvalue weighted by molar-refractivity contribution is 0.351. The van der Waals surface area contributed by atoms with Crippen molar-refractivity contribution in [1.29, 1.82) is 0 Å². The Morgan fingerprint density at radius 2 is 2.00 bits per heavy atom. The Bertz CT molecular complexity index is 800. The monoisotopic (exact) mass is 291 g/mol. The third-order valence-corrected chi connectivity index (χ3v) is 3.96. The lowest BCUT2D eigenvalue weighted by Crippen LogP contribution is -1.86. The van der Waals surface area contributed by atoms with E-state index in [0.717, 1.165) is 4.70 Å². The highest BCUT2D eigenvalue weighted by Gasteiger charge is 2.14. The summed E-state index contributed by atoms with van der Waals surface area (Å²) in [5.74, 6) is -0.792. The van der Waals surface area contributed by atoms with E-state index in [-0.39, 0.29) is 23.1 Å². The summed E-state index contributed by atoms with van der Waals surface area (Å²) in [4.78, 5) is 4.32. The summed E-state index contributed by atoms with van der Waals surface area (Å²) >= 11 is 1.37. The maximum Gasteiger partial charge on any atom is 0.200 e. The lowest BCUT2D eigenvalue weighted by atomic mass is 10.2. The van der Waals surface area contributed by atoms with Gasteiger partial charge in [0.05, 0.1) is 17.3 Å². The van der Waals surface area contributed by atoms with Crippen molar-refractivity contribution in [3.8, 4) is 27.8 Å². The van der Waals surface area contributed by atoms with Crippen LogP contribution in [0.1, 0.15) is 0 Å². The molecule has 2 aromatic carbocycles. The summed E-state index contributed by atoms with van der Waals surface area (Å²) in [6.45, 7) is 0. The van der Waals surface area contributed by atoms with Gasteiger partial charge in [-0.1, -0.05) is 0 Å². The first-order valence-electron chi connectivity index (χ1n) is 5.75. The zero-order valence-corrected chi connectivity index (χ0v) is 11.2. The van der Waals surface area contributed by atoms with Gasteiger partial charge in [-0.15, -0.1) is 11.3 Å². The van der Waals surface area contributed by atoms with Crippen LogP contribution in [0.2, 0.25) is 0 Å². The van der Waals surface area contributed by atoms with Crippen molar-refractivity contribution in [2.45, 2.75) is 0 Å². The number of aromatic hydroxyl groups is 2. The van der Waals surface area contributed by atoms with Gasteiger partial charge >= 0.3 is 0 Å². The van der Waals surface area contributed by atoms with Crippen LogP contribution in [0.25, 0.3) is 20.8 Å². The number of hydrogen-bond acceptors (Lipinski definition) is 5. The summed E-state index contributed by atoms with van der Waals surface area (Å²) in [5.41, 5.74) is 1.15. The first-order valence-corrected chi connectivity index (χ1v) is 6.56. The summed E-state index contributed by atoms with van der Waals surface area (Å²) in [5, 5.41) is 19.9. The molecule has 0 bridgehead atoms. The van der Waals surface area contributed by atoms with E-state index in [9.17, 15) is 14.6 Å². The molecule has 1 aromatic heterocycles. The van der Waals surface area contributed by atoms with Crippen molar-refractivity contribution in [3.05, 3.63) is 36.1 Å². The Morgan fingerprint density at radius 1 is 1.20 bits per heavy atom. The molecule has 0 aliphatic heterocycles. The fraction of sp³-hybridized carbons (Fsp3) is 0.0714. The van der Waals surface area contributed by atoms with Gasteiger partial charge in [-0.25, -0.2) is 9.37 Å². The molecule has 3 rings (SSSR count). The third kappa shape index (κ3) is 2.04. The van der Waals surface area contributed by atoms with Crippen LogP contribution in [-0.4, -0.2) is 22.3 Å². The van der Waals surface area contributed by atoms with Crippen molar-refractivity contribution < 1.29 is 19.3 Å². The van der Waals surface area contributed by atoms with Crippen LogP contribution in [0.4, 0.5) is 4.39 Å². The second kappa shape index (κ2) is 4.64. The minimum absolute atomic E-state index is 0.158. The van der Waals surface area contributed by atoms with Crippen LogP contribution in [0.3, 0.4) is 0 Å². The number of phenolic OH excluding ortho intramolecular Hbond substituents is 2. The number of fused-ring (bicyclic) bond motifs is 1. The quantitative estimate of drug-likeness (QED) is 0.709. The average Bonchev–Trinajstić information content (AvgIpc) is 2.84. The van der Waals surface area contributed by atoms with Crippen molar-refractivity contribution in [2.75, 3.05) is 7.11 Å². The van der Waals surface area contributed by atoms with Gasteiger partial charge in [-0.05, 0) is 24.3 Å². The Morgan fingerprint density at radius 3 is 2.75 bits per heavy atom. The van der Waals surface area contributed by atoms with Gasteiger partial charge in [0.25, 0.3) is 0 Å². The van der Waals surface area contributed by atoms with E-state index in [4.69, 9.17) is 4.74 Å². The van der Waals surface area contributed by atoms with Crippen LogP contribution < -0.4 is 4.74 Å². The largest absolute Gasteiger partial charge is 0.504 e. The molecule has 2 N–H and O–H groups in total. The molecular weight excluding hydrogens is 281 g/mol. The molecule has 0 atom stereocenters. The molecule has 0 saturated carbocycles. The number of aromatic nitrogens is 1. The summed E-state index contributed by atoms with van der Waals surface area (Å²) < 4.78 is 19.0. The molecule has 1 heterocycles. The summed E-state index contributed by atoms with van der Waals surface area (Å²) in [6.07, 6.45) is 0. The Labute approximate surface area is 117 Å². The SMILES string of the molecule is COc1cc(-c2nc3cc(F)ccc3s2)cc(O)c1O. The molecule has 0 amide bonds. The molecular formula is C14H10FNO3S. The van der Waals surface area contributed by atoms with Crippen LogP contribution in [0.15, 0.2) is 30.3 Å². The predicted octanol–water partition coefficient (Wildman–Crippen LogP) is 3.52.